The minimum absolute atomic E-state index is 0.0538. The predicted octanol–water partition coefficient (Wildman–Crippen LogP) is 5.08. The van der Waals surface area contributed by atoms with Gasteiger partial charge in [0.2, 0.25) is 11.8 Å². The molecule has 0 bridgehead atoms. The molecule has 0 aliphatic heterocycles. The number of hydrogen-bond donors (Lipinski definition) is 1. The van der Waals surface area contributed by atoms with Gasteiger partial charge in [0, 0.05) is 23.1 Å². The number of carbonyl (C=O) groups excluding carboxylic acids is 2. The van der Waals surface area contributed by atoms with E-state index in [1.54, 1.807) is 44.2 Å². The summed E-state index contributed by atoms with van der Waals surface area (Å²) < 4.78 is 29.6. The van der Waals surface area contributed by atoms with Crippen LogP contribution in [0.25, 0.3) is 0 Å². The number of nitrogens with zero attached hydrogens (tertiary/aromatic N) is 2. The number of sulfonamides is 1. The minimum Gasteiger partial charge on any atom is -0.357 e. The van der Waals surface area contributed by atoms with Crippen LogP contribution in [0.3, 0.4) is 0 Å². The van der Waals surface area contributed by atoms with E-state index in [0.717, 1.165) is 19.9 Å². The molecule has 0 radical (unpaired) electrons. The Balaban J connectivity index is 2.07. The van der Waals surface area contributed by atoms with Gasteiger partial charge in [0.25, 0.3) is 10.0 Å². The van der Waals surface area contributed by atoms with Crippen molar-refractivity contribution in [3.8, 4) is 0 Å². The molecular formula is C27H29BrClN3O4S. The maximum Gasteiger partial charge on any atom is 0.264 e. The number of carbonyl (C=O) groups is 2. The third kappa shape index (κ3) is 6.91. The van der Waals surface area contributed by atoms with Gasteiger partial charge in [0.1, 0.15) is 12.6 Å². The summed E-state index contributed by atoms with van der Waals surface area (Å²) in [6.07, 6.45) is 0. The van der Waals surface area contributed by atoms with Gasteiger partial charge in [-0.1, -0.05) is 57.4 Å². The summed E-state index contributed by atoms with van der Waals surface area (Å²) >= 11 is 9.56. The Kier molecular flexibility index (Phi) is 9.39. The number of anilines is 1. The molecule has 2 amide bonds. The van der Waals surface area contributed by atoms with E-state index in [1.807, 2.05) is 31.2 Å². The van der Waals surface area contributed by atoms with Crippen LogP contribution in [0.4, 0.5) is 5.69 Å². The predicted molar refractivity (Wildman–Crippen MR) is 150 cm³/mol. The van der Waals surface area contributed by atoms with Crippen molar-refractivity contribution < 1.29 is 18.0 Å². The summed E-state index contributed by atoms with van der Waals surface area (Å²) in [5.74, 6) is -0.889. The molecule has 7 nitrogen and oxygen atoms in total. The normalized spacial score (nSPS) is 12.1. The SMILES string of the molecule is CNC(=O)[C@@H](C)N(Cc1cccc(Br)c1)C(=O)CN(c1ccc(Cl)cc1C)S(=O)(=O)c1ccc(C)cc1. The molecule has 1 atom stereocenters. The number of aryl methyl sites for hydroxylation is 2. The number of benzene rings is 3. The highest BCUT2D eigenvalue weighted by Gasteiger charge is 2.33. The zero-order valence-electron chi connectivity index (χ0n) is 21.0. The zero-order valence-corrected chi connectivity index (χ0v) is 24.2. The fourth-order valence-electron chi connectivity index (χ4n) is 3.87. The van der Waals surface area contributed by atoms with E-state index in [4.69, 9.17) is 11.6 Å². The lowest BCUT2D eigenvalue weighted by molar-refractivity contribution is -0.139. The Hall–Kier alpha value is -2.88. The Morgan fingerprint density at radius 1 is 1.03 bits per heavy atom. The summed E-state index contributed by atoms with van der Waals surface area (Å²) in [6, 6.07) is 17.8. The molecule has 0 aliphatic carbocycles. The topological polar surface area (TPSA) is 86.8 Å². The lowest BCUT2D eigenvalue weighted by atomic mass is 10.1. The third-order valence-corrected chi connectivity index (χ3v) is 8.47. The van der Waals surface area contributed by atoms with Gasteiger partial charge in [-0.3, -0.25) is 13.9 Å². The third-order valence-electron chi connectivity index (χ3n) is 5.97. The van der Waals surface area contributed by atoms with Crippen LogP contribution >= 0.6 is 27.5 Å². The van der Waals surface area contributed by atoms with Crippen LogP contribution in [0.1, 0.15) is 23.6 Å². The van der Waals surface area contributed by atoms with Crippen molar-refractivity contribution in [2.24, 2.45) is 0 Å². The fourth-order valence-corrected chi connectivity index (χ4v) is 6.03. The van der Waals surface area contributed by atoms with Gasteiger partial charge in [0.15, 0.2) is 0 Å². The van der Waals surface area contributed by atoms with E-state index in [-0.39, 0.29) is 17.3 Å². The number of nitrogens with one attached hydrogen (secondary N) is 1. The second-order valence-electron chi connectivity index (χ2n) is 8.70. The molecule has 0 fully saturated rings. The molecule has 0 unspecified atom stereocenters. The van der Waals surface area contributed by atoms with Crippen LogP contribution in [-0.2, 0) is 26.2 Å². The Labute approximate surface area is 231 Å². The van der Waals surface area contributed by atoms with Crippen molar-refractivity contribution in [3.63, 3.8) is 0 Å². The van der Waals surface area contributed by atoms with Crippen LogP contribution in [0.15, 0.2) is 76.1 Å². The van der Waals surface area contributed by atoms with Gasteiger partial charge in [-0.2, -0.15) is 0 Å². The molecule has 0 saturated heterocycles. The molecule has 10 heteroatoms. The number of hydrogen-bond acceptors (Lipinski definition) is 4. The highest BCUT2D eigenvalue weighted by molar-refractivity contribution is 9.10. The maximum absolute atomic E-state index is 13.8. The highest BCUT2D eigenvalue weighted by Crippen LogP contribution is 2.29. The Morgan fingerprint density at radius 2 is 1.70 bits per heavy atom. The molecule has 1 N–H and O–H groups in total. The molecule has 0 heterocycles. The standard InChI is InChI=1S/C27H29BrClN3O4S/c1-18-8-11-24(12-9-18)37(35,36)32(25-13-10-23(29)14-19(25)2)17-26(33)31(20(3)27(34)30-4)16-21-6-5-7-22(28)15-21/h5-15,20H,16-17H2,1-4H3,(H,30,34)/t20-/m1/s1. The number of rotatable bonds is 9. The van der Waals surface area contributed by atoms with E-state index < -0.39 is 28.5 Å². The van der Waals surface area contributed by atoms with Crippen LogP contribution in [0.2, 0.25) is 5.02 Å². The Morgan fingerprint density at radius 3 is 2.30 bits per heavy atom. The summed E-state index contributed by atoms with van der Waals surface area (Å²) in [7, 11) is -2.64. The van der Waals surface area contributed by atoms with Gasteiger partial charge in [0.05, 0.1) is 10.6 Å². The molecule has 0 saturated carbocycles. The van der Waals surface area contributed by atoms with Crippen molar-refractivity contribution >= 4 is 55.1 Å². The summed E-state index contributed by atoms with van der Waals surface area (Å²) in [4.78, 5) is 27.8. The zero-order chi connectivity index (χ0) is 27.3. The van der Waals surface area contributed by atoms with Gasteiger partial charge >= 0.3 is 0 Å². The average Bonchev–Trinajstić information content (AvgIpc) is 2.85. The van der Waals surface area contributed by atoms with Crippen LogP contribution < -0.4 is 9.62 Å². The molecular weight excluding hydrogens is 578 g/mol. The van der Waals surface area contributed by atoms with Crippen LogP contribution in [0.5, 0.6) is 0 Å². The van der Waals surface area contributed by atoms with Crippen molar-refractivity contribution in [2.45, 2.75) is 38.3 Å². The second-order valence-corrected chi connectivity index (χ2v) is 11.9. The lowest BCUT2D eigenvalue weighted by Gasteiger charge is -2.32. The van der Waals surface area contributed by atoms with Crippen LogP contribution in [-0.4, -0.2) is 44.8 Å². The van der Waals surface area contributed by atoms with E-state index >= 15 is 0 Å². The molecule has 3 rings (SSSR count). The molecule has 37 heavy (non-hydrogen) atoms. The molecule has 0 aromatic heterocycles. The summed E-state index contributed by atoms with van der Waals surface area (Å²) in [5, 5.41) is 3.02. The van der Waals surface area contributed by atoms with E-state index in [2.05, 4.69) is 21.2 Å². The first-order valence-corrected chi connectivity index (χ1v) is 14.2. The van der Waals surface area contributed by atoms with Gasteiger partial charge in [-0.15, -0.1) is 0 Å². The van der Waals surface area contributed by atoms with Gasteiger partial charge in [-0.25, -0.2) is 8.42 Å². The number of amides is 2. The first kappa shape index (κ1) is 28.7. The van der Waals surface area contributed by atoms with Crippen molar-refractivity contribution in [1.29, 1.82) is 0 Å². The monoisotopic (exact) mass is 605 g/mol. The quantitative estimate of drug-likeness (QED) is 0.368. The number of halogens is 2. The molecule has 3 aromatic carbocycles. The first-order valence-electron chi connectivity index (χ1n) is 11.5. The number of likely N-dealkylation sites (N-methyl/N-ethyl adjacent to an activating group) is 1. The van der Waals surface area contributed by atoms with Crippen LogP contribution in [0, 0.1) is 13.8 Å². The highest BCUT2D eigenvalue weighted by atomic mass is 79.9. The fraction of sp³-hybridized carbons (Fsp3) is 0.259. The molecule has 3 aromatic rings. The molecule has 0 spiro atoms. The average molecular weight is 607 g/mol. The molecule has 196 valence electrons. The smallest absolute Gasteiger partial charge is 0.264 e. The summed E-state index contributed by atoms with van der Waals surface area (Å²) in [5.41, 5.74) is 2.61. The van der Waals surface area contributed by atoms with Gasteiger partial charge < -0.3 is 10.2 Å². The van der Waals surface area contributed by atoms with Crippen molar-refractivity contribution in [2.75, 3.05) is 17.9 Å². The summed E-state index contributed by atoms with van der Waals surface area (Å²) in [6.45, 7) is 4.82. The van der Waals surface area contributed by atoms with E-state index in [0.29, 0.717) is 16.3 Å². The largest absolute Gasteiger partial charge is 0.357 e. The lowest BCUT2D eigenvalue weighted by Crippen LogP contribution is -2.50. The van der Waals surface area contributed by atoms with Gasteiger partial charge in [-0.05, 0) is 74.4 Å². The van der Waals surface area contributed by atoms with Crippen molar-refractivity contribution in [3.05, 3.63) is 92.9 Å². The maximum atomic E-state index is 13.8. The molecule has 0 aliphatic rings. The second kappa shape index (κ2) is 12.1. The van der Waals surface area contributed by atoms with E-state index in [9.17, 15) is 18.0 Å². The van der Waals surface area contributed by atoms with E-state index in [1.165, 1.54) is 24.1 Å². The Bertz CT molecular complexity index is 1400. The van der Waals surface area contributed by atoms with Crippen molar-refractivity contribution in [1.82, 2.24) is 10.2 Å². The minimum atomic E-state index is -4.13. The first-order chi connectivity index (χ1) is 17.4.